The van der Waals surface area contributed by atoms with Crippen LogP contribution in [-0.4, -0.2) is 95.9 Å². The number of phosphoric ester groups is 2. The largest absolute Gasteiger partial charge is 0.472 e. The minimum Gasteiger partial charge on any atom is -0.463 e. The van der Waals surface area contributed by atoms with Crippen LogP contribution in [0.4, 0.5) is 0 Å². The number of rotatable bonds is 81. The number of hydrogen-bond acceptors (Lipinski definition) is 14. The van der Waals surface area contributed by atoms with Gasteiger partial charge in [0.25, 0.3) is 0 Å². The van der Waals surface area contributed by atoms with E-state index in [9.17, 15) is 43.5 Å². The molecule has 5 atom stereocenters. The number of carbonyl (C=O) groups is 3. The first-order chi connectivity index (χ1) is 55.2. The summed E-state index contributed by atoms with van der Waals surface area (Å²) in [6.45, 7) is 2.40. The summed E-state index contributed by atoms with van der Waals surface area (Å²) in [7, 11) is -9.83. The van der Waals surface area contributed by atoms with Crippen LogP contribution in [0.5, 0.6) is 0 Å². The Kier molecular flexibility index (Phi) is 81.5. The predicted molar refractivity (Wildman–Crippen MR) is 472 cm³/mol. The summed E-state index contributed by atoms with van der Waals surface area (Å²) in [6, 6.07) is 0. The van der Waals surface area contributed by atoms with Crippen LogP contribution in [0.3, 0.4) is 0 Å². The molecule has 0 aliphatic heterocycles. The number of aliphatic hydroxyl groups is 2. The molecule has 113 heavy (non-hydrogen) atoms. The molecule has 5 unspecified atom stereocenters. The number of phosphoric acid groups is 2. The highest BCUT2D eigenvalue weighted by Crippen LogP contribution is 2.45. The number of allylic oxidation sites excluding steroid dienone is 32. The molecule has 0 radical (unpaired) electrons. The second kappa shape index (κ2) is 85.8. The highest BCUT2D eigenvalue weighted by atomic mass is 31.2. The average Bonchev–Trinajstić information content (AvgIpc) is 0.899. The first kappa shape index (κ1) is 107. The smallest absolute Gasteiger partial charge is 0.463 e. The molecule has 0 aliphatic carbocycles. The molecule has 16 nitrogen and oxygen atoms in total. The van der Waals surface area contributed by atoms with Crippen LogP contribution in [0.2, 0.25) is 0 Å². The summed E-state index contributed by atoms with van der Waals surface area (Å²) in [5, 5.41) is 20.7. The van der Waals surface area contributed by atoms with Crippen molar-refractivity contribution in [3.8, 4) is 0 Å². The van der Waals surface area contributed by atoms with Crippen LogP contribution < -0.4 is 0 Å². The van der Waals surface area contributed by atoms with Crippen molar-refractivity contribution >= 4 is 33.6 Å². The van der Waals surface area contributed by atoms with E-state index in [2.05, 4.69) is 215 Å². The Hall–Kier alpha value is -5.61. The molecule has 0 saturated carbocycles. The SMILES string of the molecule is CC/C=C\C/C=C\C/C=C\C/C=C\C/C=C\C/C=C\CCCCCCCCCCCCC(=O)OCC(O)COP(=O)(O)OCC(O)COP(=O)(O)OCC(COC(=O)CCCCCCCC/C=C\C/C=C\C/C=C\C/C=C\C/C=C\C/C=C\CC)OC(=O)CCCCCCCCC/C=C\C/C=C\C/C=C\C/C=C\CCCCC. The van der Waals surface area contributed by atoms with Crippen molar-refractivity contribution in [3.63, 3.8) is 0 Å². The van der Waals surface area contributed by atoms with E-state index in [4.69, 9.17) is 32.3 Å². The number of hydrogen-bond donors (Lipinski definition) is 4. The lowest BCUT2D eigenvalue weighted by molar-refractivity contribution is -0.161. The van der Waals surface area contributed by atoms with Crippen molar-refractivity contribution < 1.29 is 75.8 Å². The number of aliphatic hydroxyl groups excluding tert-OH is 2. The summed E-state index contributed by atoms with van der Waals surface area (Å²) in [5.41, 5.74) is 0. The topological polar surface area (TPSA) is 231 Å². The van der Waals surface area contributed by atoms with Crippen LogP contribution in [0.25, 0.3) is 0 Å². The lowest BCUT2D eigenvalue weighted by Gasteiger charge is -2.21. The Morgan fingerprint density at radius 2 is 0.469 bits per heavy atom. The molecule has 0 aromatic carbocycles. The Balaban J connectivity index is 4.70. The fourth-order valence-electron chi connectivity index (χ4n) is 11.2. The zero-order valence-corrected chi connectivity index (χ0v) is 72.3. The van der Waals surface area contributed by atoms with Crippen LogP contribution in [0.15, 0.2) is 194 Å². The number of esters is 3. The minimum absolute atomic E-state index is 0.0814. The Bertz CT molecular complexity index is 2830. The van der Waals surface area contributed by atoms with Crippen molar-refractivity contribution in [2.24, 2.45) is 0 Å². The fourth-order valence-corrected chi connectivity index (χ4v) is 12.8. The van der Waals surface area contributed by atoms with Gasteiger partial charge >= 0.3 is 33.6 Å². The lowest BCUT2D eigenvalue weighted by atomic mass is 10.1. The summed E-state index contributed by atoms with van der Waals surface area (Å²) in [4.78, 5) is 58.9. The van der Waals surface area contributed by atoms with Gasteiger partial charge in [-0.1, -0.05) is 337 Å². The molecular formula is C95H156O16P2. The number of carbonyl (C=O) groups excluding carboxylic acids is 3. The van der Waals surface area contributed by atoms with E-state index >= 15 is 0 Å². The third kappa shape index (κ3) is 87.1. The monoisotopic (exact) mass is 1620 g/mol. The van der Waals surface area contributed by atoms with E-state index in [1.54, 1.807) is 0 Å². The molecule has 0 aromatic rings. The van der Waals surface area contributed by atoms with Gasteiger partial charge < -0.3 is 34.2 Å². The van der Waals surface area contributed by atoms with Crippen molar-refractivity contribution in [2.75, 3.05) is 39.6 Å². The van der Waals surface area contributed by atoms with Gasteiger partial charge in [0.15, 0.2) is 6.10 Å². The average molecular weight is 1620 g/mol. The fraction of sp³-hybridized carbons (Fsp3) is 0.632. The van der Waals surface area contributed by atoms with Gasteiger partial charge in [0.1, 0.15) is 25.4 Å². The molecule has 18 heteroatoms. The molecular weight excluding hydrogens is 1460 g/mol. The molecule has 0 rings (SSSR count). The normalized spacial score (nSPS) is 14.8. The zero-order valence-electron chi connectivity index (χ0n) is 70.5. The zero-order chi connectivity index (χ0) is 82.2. The maximum absolute atomic E-state index is 13.1. The van der Waals surface area contributed by atoms with Gasteiger partial charge in [-0.3, -0.25) is 32.5 Å². The second-order valence-electron chi connectivity index (χ2n) is 28.6. The minimum atomic E-state index is -4.95. The molecule has 0 bridgehead atoms. The Labute approximate surface area is 687 Å². The first-order valence-corrected chi connectivity index (χ1v) is 46.7. The van der Waals surface area contributed by atoms with Gasteiger partial charge in [-0.25, -0.2) is 9.13 Å². The van der Waals surface area contributed by atoms with E-state index < -0.39 is 91.5 Å². The quantitative estimate of drug-likeness (QED) is 0.0146. The van der Waals surface area contributed by atoms with Gasteiger partial charge in [-0.15, -0.1) is 0 Å². The number of ether oxygens (including phenoxy) is 3. The van der Waals surface area contributed by atoms with Crippen LogP contribution >= 0.6 is 15.6 Å². The third-order valence-electron chi connectivity index (χ3n) is 17.8. The molecule has 0 saturated heterocycles. The van der Waals surface area contributed by atoms with E-state index in [-0.39, 0.29) is 19.3 Å². The highest BCUT2D eigenvalue weighted by Gasteiger charge is 2.29. The molecule has 0 aromatic heterocycles. The third-order valence-corrected chi connectivity index (χ3v) is 19.7. The molecule has 0 heterocycles. The van der Waals surface area contributed by atoms with Gasteiger partial charge in [0.2, 0.25) is 0 Å². The summed E-state index contributed by atoms with van der Waals surface area (Å²) in [6.07, 6.45) is 113. The lowest BCUT2D eigenvalue weighted by Crippen LogP contribution is -2.30. The molecule has 0 aliphatic rings. The molecule has 0 spiro atoms. The van der Waals surface area contributed by atoms with Crippen LogP contribution in [-0.2, 0) is 55.8 Å². The first-order valence-electron chi connectivity index (χ1n) is 43.7. The second-order valence-corrected chi connectivity index (χ2v) is 31.5. The summed E-state index contributed by atoms with van der Waals surface area (Å²) < 4.78 is 61.4. The molecule has 642 valence electrons. The standard InChI is InChI=1S/C95H156O16P2/c1-4-7-10-13-16-19-22-25-28-31-34-37-40-42-43-44-45-47-50-51-54-57-60-63-66-69-72-75-78-81-93(98)105-84-90(96)85-107-112(101,102)108-86-91(97)87-109-113(103,104)110-89-92(111-95(100)83-80-77-74-71-68-65-62-59-56-53-48-39-36-33-30-27-24-21-18-15-12-9-6-3)88-106-94(99)82-79-76-73-70-67-64-61-58-55-52-49-46-41-38-35-32-29-26-23-20-17-14-11-8-5-2/h7-8,10-11,16-21,25-30,34-39,42-43,45-47,49,53,55-56,58,90-92,96-97H,4-6,9,12-15,22-24,31-33,40-41,44,48,50-52,54,57,59-89H2,1-3H3,(H,101,102)(H,103,104)/b10-7-,11-8-,19-16-,20-17-,21-18-,28-25-,29-26-,30-27-,37-34-,38-35-,39-36-,43-42-,47-45-,49-46-,56-53-,58-55-. The summed E-state index contributed by atoms with van der Waals surface area (Å²) >= 11 is 0. The molecule has 4 N–H and O–H groups in total. The van der Waals surface area contributed by atoms with Crippen molar-refractivity contribution in [2.45, 2.75) is 347 Å². The highest BCUT2D eigenvalue weighted by molar-refractivity contribution is 7.47. The van der Waals surface area contributed by atoms with Crippen LogP contribution in [0, 0.1) is 0 Å². The van der Waals surface area contributed by atoms with Gasteiger partial charge in [0.05, 0.1) is 26.4 Å². The summed E-state index contributed by atoms with van der Waals surface area (Å²) in [5.74, 6) is -1.61. The van der Waals surface area contributed by atoms with E-state index in [1.165, 1.54) is 57.8 Å². The van der Waals surface area contributed by atoms with Gasteiger partial charge in [-0.2, -0.15) is 0 Å². The van der Waals surface area contributed by atoms with Gasteiger partial charge in [0, 0.05) is 19.3 Å². The Morgan fingerprint density at radius 3 is 0.743 bits per heavy atom. The maximum Gasteiger partial charge on any atom is 0.472 e. The van der Waals surface area contributed by atoms with Crippen molar-refractivity contribution in [1.82, 2.24) is 0 Å². The van der Waals surface area contributed by atoms with Crippen LogP contribution in [0.1, 0.15) is 329 Å². The number of unbranched alkanes of at least 4 members (excludes halogenated alkanes) is 26. The van der Waals surface area contributed by atoms with Gasteiger partial charge in [-0.05, 0) is 167 Å². The molecule has 0 fully saturated rings. The van der Waals surface area contributed by atoms with E-state index in [0.29, 0.717) is 19.3 Å². The van der Waals surface area contributed by atoms with Crippen molar-refractivity contribution in [3.05, 3.63) is 194 Å². The maximum atomic E-state index is 13.1. The van der Waals surface area contributed by atoms with E-state index in [1.807, 2.05) is 0 Å². The molecule has 0 amide bonds. The predicted octanol–water partition coefficient (Wildman–Crippen LogP) is 26.7. The van der Waals surface area contributed by atoms with Crippen molar-refractivity contribution in [1.29, 1.82) is 0 Å². The Morgan fingerprint density at radius 1 is 0.257 bits per heavy atom. The van der Waals surface area contributed by atoms with E-state index in [0.717, 1.165) is 212 Å².